The average Bonchev–Trinajstić information content (AvgIpc) is 2.99. The number of aliphatic hydroxyl groups excluding tert-OH is 4. The summed E-state index contributed by atoms with van der Waals surface area (Å²) in [6.45, 7) is 3.82. The third-order valence-corrected chi connectivity index (χ3v) is 8.11. The van der Waals surface area contributed by atoms with Crippen LogP contribution < -0.4 is 5.32 Å². The first-order chi connectivity index (χ1) is 20.4. The zero-order chi connectivity index (χ0) is 31.0. The Balaban J connectivity index is 2.58. The fourth-order valence-electron chi connectivity index (χ4n) is 5.32. The highest BCUT2D eigenvalue weighted by Crippen LogP contribution is 2.22. The molecule has 1 rings (SSSR count). The van der Waals surface area contributed by atoms with Crippen LogP contribution in [0.15, 0.2) is 12.2 Å². The van der Waals surface area contributed by atoms with Crippen molar-refractivity contribution in [3.8, 4) is 0 Å². The van der Waals surface area contributed by atoms with E-state index in [1.807, 2.05) is 6.08 Å². The van der Waals surface area contributed by atoms with Crippen LogP contribution in [0.25, 0.3) is 0 Å². The number of methoxy groups -OCH3 is 1. The Kier molecular flexibility index (Phi) is 23.4. The highest BCUT2D eigenvalue weighted by atomic mass is 16.7. The van der Waals surface area contributed by atoms with Crippen LogP contribution in [0.1, 0.15) is 129 Å². The van der Waals surface area contributed by atoms with Gasteiger partial charge in [-0.3, -0.25) is 4.79 Å². The number of allylic oxidation sites excluding steroid dienone is 1. The van der Waals surface area contributed by atoms with Gasteiger partial charge >= 0.3 is 0 Å². The predicted octanol–water partition coefficient (Wildman–Crippen LogP) is 4.92. The number of rotatable bonds is 26. The minimum atomic E-state index is -1.53. The van der Waals surface area contributed by atoms with E-state index in [4.69, 9.17) is 14.2 Å². The molecule has 5 N–H and O–H groups in total. The number of hydrogen-bond donors (Lipinski definition) is 5. The van der Waals surface area contributed by atoms with Crippen LogP contribution in [0.3, 0.4) is 0 Å². The van der Waals surface area contributed by atoms with Crippen molar-refractivity contribution < 1.29 is 39.4 Å². The molecule has 1 fully saturated rings. The summed E-state index contributed by atoms with van der Waals surface area (Å²) in [6.07, 6.45) is 17.5. The van der Waals surface area contributed by atoms with Crippen LogP contribution in [0, 0.1) is 0 Å². The van der Waals surface area contributed by atoms with Crippen molar-refractivity contribution in [3.63, 3.8) is 0 Å². The standard InChI is InChI=1S/C33H63NO8/c1-4-6-8-10-11-12-13-14-15-16-17-19-20-22-27(40-3)26(34-29(36)23-21-18-9-7-5-2)25-41-33-32(39)31(38)30(37)28(24-35)42-33/h20,22,26-28,30-33,35,37-39H,4-19,21,23-25H2,1-3H3,(H,34,36)/b22-20+/t26-,27-,28?,30+,31?,32-,33+/m0/s1. The van der Waals surface area contributed by atoms with Gasteiger partial charge < -0.3 is 40.0 Å². The molecule has 0 bridgehead atoms. The van der Waals surface area contributed by atoms with Crippen molar-refractivity contribution in [3.05, 3.63) is 12.2 Å². The first-order valence-electron chi connectivity index (χ1n) is 16.8. The molecule has 9 heteroatoms. The topological polar surface area (TPSA) is 138 Å². The summed E-state index contributed by atoms with van der Waals surface area (Å²) in [6, 6.07) is -0.556. The number of amides is 1. The SMILES string of the molecule is CCCCCCCCCCCCC/C=C/[C@H](OC)[C@H](CO[C@@H]1OC(CO)[C@@H](O)C(O)[C@@H]1O)NC(=O)CCCCCCC. The van der Waals surface area contributed by atoms with Gasteiger partial charge in [0.05, 0.1) is 25.4 Å². The van der Waals surface area contributed by atoms with E-state index in [1.165, 1.54) is 64.2 Å². The van der Waals surface area contributed by atoms with E-state index in [0.717, 1.165) is 44.9 Å². The fourth-order valence-corrected chi connectivity index (χ4v) is 5.32. The monoisotopic (exact) mass is 601 g/mol. The fraction of sp³-hybridized carbons (Fsp3) is 0.909. The summed E-state index contributed by atoms with van der Waals surface area (Å²) >= 11 is 0. The largest absolute Gasteiger partial charge is 0.394 e. The molecule has 0 aromatic carbocycles. The van der Waals surface area contributed by atoms with Crippen molar-refractivity contribution in [1.82, 2.24) is 5.32 Å². The minimum absolute atomic E-state index is 0.0500. The molecule has 0 radical (unpaired) electrons. The summed E-state index contributed by atoms with van der Waals surface area (Å²) in [5.41, 5.74) is 0. The quantitative estimate of drug-likeness (QED) is 0.0696. The van der Waals surface area contributed by atoms with Crippen LogP contribution >= 0.6 is 0 Å². The van der Waals surface area contributed by atoms with E-state index in [-0.39, 0.29) is 12.5 Å². The smallest absolute Gasteiger partial charge is 0.220 e. The van der Waals surface area contributed by atoms with Crippen molar-refractivity contribution in [1.29, 1.82) is 0 Å². The molecular formula is C33H63NO8. The molecule has 9 nitrogen and oxygen atoms in total. The molecule has 0 aliphatic carbocycles. The summed E-state index contributed by atoms with van der Waals surface area (Å²) in [7, 11) is 1.58. The number of aliphatic hydroxyl groups is 4. The molecule has 0 aromatic rings. The summed E-state index contributed by atoms with van der Waals surface area (Å²) in [5.74, 6) is -0.102. The van der Waals surface area contributed by atoms with Gasteiger partial charge in [0.25, 0.3) is 0 Å². The third kappa shape index (κ3) is 16.7. The lowest BCUT2D eigenvalue weighted by molar-refractivity contribution is -0.302. The number of unbranched alkanes of at least 4 members (excludes halogenated alkanes) is 15. The Morgan fingerprint density at radius 1 is 0.810 bits per heavy atom. The number of carbonyl (C=O) groups excluding carboxylic acids is 1. The highest BCUT2D eigenvalue weighted by Gasteiger charge is 2.44. The molecule has 42 heavy (non-hydrogen) atoms. The van der Waals surface area contributed by atoms with Crippen LogP contribution in [-0.4, -0.2) is 89.5 Å². The first kappa shape index (κ1) is 39.0. The van der Waals surface area contributed by atoms with Crippen molar-refractivity contribution in [2.45, 2.75) is 172 Å². The Labute approximate surface area is 255 Å². The van der Waals surface area contributed by atoms with Crippen molar-refractivity contribution >= 4 is 5.91 Å². The Morgan fingerprint density at radius 2 is 1.36 bits per heavy atom. The summed E-state index contributed by atoms with van der Waals surface area (Å²) in [4.78, 5) is 12.8. The van der Waals surface area contributed by atoms with E-state index in [9.17, 15) is 25.2 Å². The minimum Gasteiger partial charge on any atom is -0.394 e. The molecule has 1 aliphatic heterocycles. The Bertz CT molecular complexity index is 676. The third-order valence-electron chi connectivity index (χ3n) is 8.11. The molecule has 1 aliphatic rings. The van der Waals surface area contributed by atoms with E-state index in [1.54, 1.807) is 7.11 Å². The Hall–Kier alpha value is -1.07. The van der Waals surface area contributed by atoms with E-state index in [0.29, 0.717) is 6.42 Å². The molecule has 2 unspecified atom stereocenters. The van der Waals surface area contributed by atoms with Gasteiger partial charge in [0, 0.05) is 13.5 Å². The van der Waals surface area contributed by atoms with Crippen molar-refractivity contribution in [2.24, 2.45) is 0 Å². The van der Waals surface area contributed by atoms with Crippen LogP contribution in [0.4, 0.5) is 0 Å². The predicted molar refractivity (Wildman–Crippen MR) is 166 cm³/mol. The second-order valence-electron chi connectivity index (χ2n) is 11.8. The molecule has 1 heterocycles. The molecule has 0 saturated carbocycles. The number of hydrogen-bond acceptors (Lipinski definition) is 8. The van der Waals surface area contributed by atoms with Gasteiger partial charge in [0.2, 0.25) is 5.91 Å². The van der Waals surface area contributed by atoms with E-state index < -0.39 is 49.5 Å². The maximum Gasteiger partial charge on any atom is 0.220 e. The number of ether oxygens (including phenoxy) is 3. The van der Waals surface area contributed by atoms with Gasteiger partial charge in [0.1, 0.15) is 24.4 Å². The molecule has 7 atom stereocenters. The zero-order valence-electron chi connectivity index (χ0n) is 26.8. The first-order valence-corrected chi connectivity index (χ1v) is 16.8. The van der Waals surface area contributed by atoms with Gasteiger partial charge in [0.15, 0.2) is 6.29 Å². The molecule has 0 spiro atoms. The zero-order valence-corrected chi connectivity index (χ0v) is 26.8. The highest BCUT2D eigenvalue weighted by molar-refractivity contribution is 5.76. The van der Waals surface area contributed by atoms with Crippen molar-refractivity contribution in [2.75, 3.05) is 20.3 Å². The molecule has 248 valence electrons. The van der Waals surface area contributed by atoms with E-state index in [2.05, 4.69) is 25.2 Å². The average molecular weight is 602 g/mol. The normalized spacial score (nSPS) is 24.2. The maximum absolute atomic E-state index is 12.8. The van der Waals surface area contributed by atoms with Gasteiger partial charge in [-0.25, -0.2) is 0 Å². The summed E-state index contributed by atoms with van der Waals surface area (Å²) in [5, 5.41) is 43.0. The lowest BCUT2D eigenvalue weighted by atomic mass is 9.99. The lowest BCUT2D eigenvalue weighted by Gasteiger charge is -2.40. The summed E-state index contributed by atoms with van der Waals surface area (Å²) < 4.78 is 17.0. The second kappa shape index (κ2) is 25.3. The molecule has 1 saturated heterocycles. The van der Waals surface area contributed by atoms with Gasteiger partial charge in [-0.1, -0.05) is 116 Å². The van der Waals surface area contributed by atoms with Crippen LogP contribution in [0.5, 0.6) is 0 Å². The van der Waals surface area contributed by atoms with Gasteiger partial charge in [-0.15, -0.1) is 0 Å². The van der Waals surface area contributed by atoms with Gasteiger partial charge in [-0.2, -0.15) is 0 Å². The van der Waals surface area contributed by atoms with E-state index >= 15 is 0 Å². The van der Waals surface area contributed by atoms with Crippen LogP contribution in [0.2, 0.25) is 0 Å². The molecule has 1 amide bonds. The molecule has 0 aromatic heterocycles. The lowest BCUT2D eigenvalue weighted by Crippen LogP contribution is -2.60. The van der Waals surface area contributed by atoms with Gasteiger partial charge in [-0.05, 0) is 19.3 Å². The number of carbonyl (C=O) groups is 1. The second-order valence-corrected chi connectivity index (χ2v) is 11.8. The Morgan fingerprint density at radius 3 is 1.90 bits per heavy atom. The maximum atomic E-state index is 12.8. The number of nitrogens with one attached hydrogen (secondary N) is 1. The van der Waals surface area contributed by atoms with Crippen LogP contribution in [-0.2, 0) is 19.0 Å². The molecular weight excluding hydrogens is 538 g/mol.